The number of carbonyl (C=O) groups excluding carboxylic acids is 1. The molecule has 1 aromatic rings. The Hall–Kier alpha value is -2.12. The second-order valence-corrected chi connectivity index (χ2v) is 4.65. The summed E-state index contributed by atoms with van der Waals surface area (Å²) in [6.07, 6.45) is -0.106. The molecule has 7 nitrogen and oxygen atoms in total. The van der Waals surface area contributed by atoms with Gasteiger partial charge in [0.15, 0.2) is 0 Å². The van der Waals surface area contributed by atoms with E-state index in [-0.39, 0.29) is 19.0 Å². The van der Waals surface area contributed by atoms with E-state index in [9.17, 15) is 9.59 Å². The van der Waals surface area contributed by atoms with Crippen LogP contribution in [0.3, 0.4) is 0 Å². The minimum absolute atomic E-state index is 0.106. The largest absolute Gasteiger partial charge is 0.481 e. The number of carboxylic acids is 1. The molecule has 7 heteroatoms. The molecular weight excluding hydrogens is 274 g/mol. The van der Waals surface area contributed by atoms with Crippen LogP contribution in [-0.2, 0) is 9.53 Å². The molecule has 0 saturated carbocycles. The van der Waals surface area contributed by atoms with Crippen LogP contribution in [0.25, 0.3) is 0 Å². The van der Waals surface area contributed by atoms with Crippen molar-refractivity contribution in [3.8, 4) is 0 Å². The van der Waals surface area contributed by atoms with Gasteiger partial charge in [-0.25, -0.2) is 9.80 Å². The first-order valence-corrected chi connectivity index (χ1v) is 6.84. The van der Waals surface area contributed by atoms with Gasteiger partial charge in [-0.15, -0.1) is 0 Å². The fraction of sp³-hybridized carbons (Fsp3) is 0.429. The predicted molar refractivity (Wildman–Crippen MR) is 77.0 cm³/mol. The van der Waals surface area contributed by atoms with Crippen molar-refractivity contribution < 1.29 is 19.4 Å². The second kappa shape index (κ2) is 7.61. The fourth-order valence-electron chi connectivity index (χ4n) is 2.03. The highest BCUT2D eigenvalue weighted by atomic mass is 16.5. The first-order valence-electron chi connectivity index (χ1n) is 6.84. The van der Waals surface area contributed by atoms with Gasteiger partial charge in [0.1, 0.15) is 0 Å². The van der Waals surface area contributed by atoms with Crippen molar-refractivity contribution in [1.29, 1.82) is 0 Å². The molecule has 0 spiro atoms. The van der Waals surface area contributed by atoms with Gasteiger partial charge < -0.3 is 9.84 Å². The molecule has 0 bridgehead atoms. The number of hydrazine groups is 1. The highest BCUT2D eigenvalue weighted by Crippen LogP contribution is 2.14. The van der Waals surface area contributed by atoms with Crippen LogP contribution in [0.4, 0.5) is 10.5 Å². The van der Waals surface area contributed by atoms with E-state index in [1.807, 2.05) is 18.2 Å². The number of morpholine rings is 1. The monoisotopic (exact) mass is 293 g/mol. The highest BCUT2D eigenvalue weighted by Gasteiger charge is 2.20. The maximum Gasteiger partial charge on any atom is 0.336 e. The standard InChI is InChI=1S/C14H19N3O4/c18-13(19)6-7-17(12-4-2-1-3-5-12)14(20)15-16-8-10-21-11-9-16/h1-5H,6-11H2,(H,15,20)(H,18,19). The number of urea groups is 1. The third-order valence-corrected chi connectivity index (χ3v) is 3.13. The molecule has 1 heterocycles. The van der Waals surface area contributed by atoms with Gasteiger partial charge >= 0.3 is 12.0 Å². The van der Waals surface area contributed by atoms with Crippen molar-refractivity contribution in [1.82, 2.24) is 10.4 Å². The third-order valence-electron chi connectivity index (χ3n) is 3.13. The van der Waals surface area contributed by atoms with Crippen LogP contribution in [-0.4, -0.2) is 55.0 Å². The van der Waals surface area contributed by atoms with Crippen molar-refractivity contribution in [2.45, 2.75) is 6.42 Å². The molecular formula is C14H19N3O4. The van der Waals surface area contributed by atoms with Crippen LogP contribution in [0.1, 0.15) is 6.42 Å². The minimum atomic E-state index is -0.935. The lowest BCUT2D eigenvalue weighted by molar-refractivity contribution is -0.136. The van der Waals surface area contributed by atoms with E-state index in [1.165, 1.54) is 4.90 Å². The quantitative estimate of drug-likeness (QED) is 0.844. The molecule has 114 valence electrons. The first-order chi connectivity index (χ1) is 10.2. The third kappa shape index (κ3) is 4.73. The molecule has 1 aliphatic heterocycles. The number of amides is 2. The molecule has 2 N–H and O–H groups in total. The Morgan fingerprint density at radius 3 is 2.52 bits per heavy atom. The fourth-order valence-corrected chi connectivity index (χ4v) is 2.03. The lowest BCUT2D eigenvalue weighted by Gasteiger charge is -2.30. The van der Waals surface area contributed by atoms with E-state index in [0.29, 0.717) is 32.0 Å². The van der Waals surface area contributed by atoms with Gasteiger partial charge in [-0.2, -0.15) is 0 Å². The van der Waals surface area contributed by atoms with Crippen LogP contribution in [0, 0.1) is 0 Å². The zero-order chi connectivity index (χ0) is 15.1. The zero-order valence-corrected chi connectivity index (χ0v) is 11.7. The number of nitrogens with zero attached hydrogens (tertiary/aromatic N) is 2. The van der Waals surface area contributed by atoms with Gasteiger partial charge in [0.05, 0.1) is 19.6 Å². The number of hydrogen-bond acceptors (Lipinski definition) is 4. The topological polar surface area (TPSA) is 82.1 Å². The summed E-state index contributed by atoms with van der Waals surface area (Å²) in [5.41, 5.74) is 3.46. The average Bonchev–Trinajstić information content (AvgIpc) is 2.49. The molecule has 2 amide bonds. The van der Waals surface area contributed by atoms with Gasteiger partial charge in [0.25, 0.3) is 0 Å². The van der Waals surface area contributed by atoms with Crippen LogP contribution < -0.4 is 10.3 Å². The molecule has 1 aliphatic rings. The van der Waals surface area contributed by atoms with Crippen LogP contribution >= 0.6 is 0 Å². The number of hydrogen-bond donors (Lipinski definition) is 2. The summed E-state index contributed by atoms with van der Waals surface area (Å²) in [6, 6.07) is 8.69. The molecule has 1 fully saturated rings. The van der Waals surface area contributed by atoms with E-state index >= 15 is 0 Å². The van der Waals surface area contributed by atoms with Gasteiger partial charge in [-0.05, 0) is 12.1 Å². The molecule has 0 atom stereocenters. The number of para-hydroxylation sites is 1. The van der Waals surface area contributed by atoms with Crippen molar-refractivity contribution in [2.75, 3.05) is 37.7 Å². The summed E-state index contributed by atoms with van der Waals surface area (Å²) in [7, 11) is 0. The summed E-state index contributed by atoms with van der Waals surface area (Å²) in [5, 5.41) is 10.6. The second-order valence-electron chi connectivity index (χ2n) is 4.65. The van der Waals surface area contributed by atoms with E-state index in [2.05, 4.69) is 5.43 Å². The number of nitrogens with one attached hydrogen (secondary N) is 1. The molecule has 0 unspecified atom stereocenters. The Bertz CT molecular complexity index is 474. The number of anilines is 1. The van der Waals surface area contributed by atoms with Gasteiger partial charge in [0.2, 0.25) is 0 Å². The van der Waals surface area contributed by atoms with E-state index in [4.69, 9.17) is 9.84 Å². The smallest absolute Gasteiger partial charge is 0.336 e. The Morgan fingerprint density at radius 1 is 1.24 bits per heavy atom. The van der Waals surface area contributed by atoms with Crippen molar-refractivity contribution in [2.24, 2.45) is 0 Å². The SMILES string of the molecule is O=C(O)CCN(C(=O)NN1CCOCC1)c1ccccc1. The first kappa shape index (κ1) is 15.3. The average molecular weight is 293 g/mol. The number of rotatable bonds is 5. The zero-order valence-electron chi connectivity index (χ0n) is 11.7. The minimum Gasteiger partial charge on any atom is -0.481 e. The summed E-state index contributed by atoms with van der Waals surface area (Å²) in [4.78, 5) is 24.6. The molecule has 0 radical (unpaired) electrons. The molecule has 1 saturated heterocycles. The van der Waals surface area contributed by atoms with Crippen molar-refractivity contribution >= 4 is 17.7 Å². The molecule has 0 aliphatic carbocycles. The Labute approximate surface area is 123 Å². The molecule has 0 aromatic heterocycles. The number of benzene rings is 1. The number of carbonyl (C=O) groups is 2. The normalized spacial score (nSPS) is 15.4. The predicted octanol–water partition coefficient (Wildman–Crippen LogP) is 0.924. The Kier molecular flexibility index (Phi) is 5.53. The summed E-state index contributed by atoms with van der Waals surface area (Å²) >= 11 is 0. The Morgan fingerprint density at radius 2 is 1.90 bits per heavy atom. The summed E-state index contributed by atoms with van der Waals surface area (Å²) in [5.74, 6) is -0.935. The van der Waals surface area contributed by atoms with Crippen molar-refractivity contribution in [3.63, 3.8) is 0 Å². The van der Waals surface area contributed by atoms with E-state index in [0.717, 1.165) is 0 Å². The molecule has 1 aromatic carbocycles. The van der Waals surface area contributed by atoms with E-state index in [1.54, 1.807) is 17.1 Å². The van der Waals surface area contributed by atoms with Gasteiger partial charge in [-0.3, -0.25) is 15.1 Å². The Balaban J connectivity index is 2.02. The number of carboxylic acid groups (broad SMARTS) is 1. The van der Waals surface area contributed by atoms with E-state index < -0.39 is 5.97 Å². The summed E-state index contributed by atoms with van der Waals surface area (Å²) < 4.78 is 5.22. The lowest BCUT2D eigenvalue weighted by atomic mass is 10.3. The van der Waals surface area contributed by atoms with Crippen LogP contribution in [0.15, 0.2) is 30.3 Å². The summed E-state index contributed by atoms with van der Waals surface area (Å²) in [6.45, 7) is 2.50. The van der Waals surface area contributed by atoms with Gasteiger partial charge in [-0.1, -0.05) is 18.2 Å². The maximum atomic E-state index is 12.4. The molecule has 21 heavy (non-hydrogen) atoms. The van der Waals surface area contributed by atoms with Crippen LogP contribution in [0.2, 0.25) is 0 Å². The number of aliphatic carboxylic acids is 1. The molecule has 2 rings (SSSR count). The number of ether oxygens (including phenoxy) is 1. The highest BCUT2D eigenvalue weighted by molar-refractivity contribution is 5.92. The maximum absolute atomic E-state index is 12.4. The van der Waals surface area contributed by atoms with Gasteiger partial charge in [0, 0.05) is 25.3 Å². The van der Waals surface area contributed by atoms with Crippen molar-refractivity contribution in [3.05, 3.63) is 30.3 Å². The van der Waals surface area contributed by atoms with Crippen LogP contribution in [0.5, 0.6) is 0 Å². The lowest BCUT2D eigenvalue weighted by Crippen LogP contribution is -2.53.